The van der Waals surface area contributed by atoms with Gasteiger partial charge in [0.25, 0.3) is 0 Å². The molecular formula is C15H22N4O. The van der Waals surface area contributed by atoms with Crippen molar-refractivity contribution in [2.75, 3.05) is 7.11 Å². The van der Waals surface area contributed by atoms with E-state index in [1.165, 1.54) is 5.56 Å². The molecule has 5 nitrogen and oxygen atoms in total. The van der Waals surface area contributed by atoms with Gasteiger partial charge in [-0.2, -0.15) is 5.10 Å². The van der Waals surface area contributed by atoms with Crippen LogP contribution in [0.15, 0.2) is 36.7 Å². The third kappa shape index (κ3) is 3.59. The van der Waals surface area contributed by atoms with Gasteiger partial charge in [-0.1, -0.05) is 18.2 Å². The lowest BCUT2D eigenvalue weighted by molar-refractivity contribution is 0.404. The van der Waals surface area contributed by atoms with Crippen molar-refractivity contribution in [2.45, 2.75) is 32.4 Å². The first-order valence-electron chi connectivity index (χ1n) is 6.86. The van der Waals surface area contributed by atoms with E-state index in [1.54, 1.807) is 7.11 Å². The molecule has 0 aliphatic rings. The van der Waals surface area contributed by atoms with Gasteiger partial charge in [0.2, 0.25) is 0 Å². The van der Waals surface area contributed by atoms with Gasteiger partial charge in [0.05, 0.1) is 13.3 Å². The van der Waals surface area contributed by atoms with Crippen LogP contribution < -0.4 is 16.0 Å². The highest BCUT2D eigenvalue weighted by Crippen LogP contribution is 2.19. The van der Waals surface area contributed by atoms with Gasteiger partial charge in [-0.05, 0) is 37.0 Å². The Morgan fingerprint density at radius 3 is 2.80 bits per heavy atom. The lowest BCUT2D eigenvalue weighted by Gasteiger charge is -2.16. The molecule has 0 aliphatic carbocycles. The summed E-state index contributed by atoms with van der Waals surface area (Å²) in [5.74, 6) is 6.58. The van der Waals surface area contributed by atoms with Crippen molar-refractivity contribution >= 4 is 0 Å². The first kappa shape index (κ1) is 14.6. The summed E-state index contributed by atoms with van der Waals surface area (Å²) in [6.45, 7) is 2.96. The molecule has 0 saturated carbocycles. The molecule has 1 atom stereocenters. The molecular weight excluding hydrogens is 252 g/mol. The molecule has 0 amide bonds. The Kier molecular flexibility index (Phi) is 5.15. The van der Waals surface area contributed by atoms with Crippen LogP contribution in [0.25, 0.3) is 0 Å². The van der Waals surface area contributed by atoms with E-state index in [1.807, 2.05) is 29.1 Å². The van der Waals surface area contributed by atoms with Gasteiger partial charge in [0, 0.05) is 18.8 Å². The lowest BCUT2D eigenvalue weighted by Crippen LogP contribution is -2.38. The molecule has 108 valence electrons. The van der Waals surface area contributed by atoms with Crippen LogP contribution in [0, 0.1) is 0 Å². The van der Waals surface area contributed by atoms with E-state index in [2.05, 4.69) is 29.7 Å². The van der Waals surface area contributed by atoms with Gasteiger partial charge in [-0.25, -0.2) is 0 Å². The van der Waals surface area contributed by atoms with E-state index in [-0.39, 0.29) is 6.04 Å². The zero-order valence-electron chi connectivity index (χ0n) is 12.0. The molecule has 20 heavy (non-hydrogen) atoms. The minimum Gasteiger partial charge on any atom is -0.496 e. The van der Waals surface area contributed by atoms with Crippen LogP contribution in [0.1, 0.15) is 18.1 Å². The quantitative estimate of drug-likeness (QED) is 0.593. The maximum absolute atomic E-state index is 5.68. The Bertz CT molecular complexity index is 538. The van der Waals surface area contributed by atoms with E-state index in [0.29, 0.717) is 0 Å². The van der Waals surface area contributed by atoms with Crippen LogP contribution in [-0.4, -0.2) is 22.9 Å². The van der Waals surface area contributed by atoms with Crippen molar-refractivity contribution in [3.05, 3.63) is 47.8 Å². The van der Waals surface area contributed by atoms with Crippen molar-refractivity contribution in [3.63, 3.8) is 0 Å². The number of rotatable bonds is 7. The van der Waals surface area contributed by atoms with Gasteiger partial charge in [-0.15, -0.1) is 0 Å². The fraction of sp³-hybridized carbons (Fsp3) is 0.400. The maximum Gasteiger partial charge on any atom is 0.122 e. The highest BCUT2D eigenvalue weighted by molar-refractivity contribution is 5.34. The Morgan fingerprint density at radius 1 is 1.35 bits per heavy atom. The number of hydrazine groups is 1. The van der Waals surface area contributed by atoms with E-state index in [9.17, 15) is 0 Å². The van der Waals surface area contributed by atoms with Crippen molar-refractivity contribution in [1.29, 1.82) is 0 Å². The van der Waals surface area contributed by atoms with Crippen LogP contribution in [-0.2, 0) is 19.4 Å². The molecule has 0 saturated heterocycles. The third-order valence-corrected chi connectivity index (χ3v) is 3.39. The van der Waals surface area contributed by atoms with Crippen LogP contribution in [0.5, 0.6) is 5.75 Å². The minimum absolute atomic E-state index is 0.154. The first-order valence-corrected chi connectivity index (χ1v) is 6.86. The Morgan fingerprint density at radius 2 is 2.15 bits per heavy atom. The number of methoxy groups -OCH3 is 1. The zero-order valence-corrected chi connectivity index (χ0v) is 12.0. The topological polar surface area (TPSA) is 65.1 Å². The van der Waals surface area contributed by atoms with Crippen molar-refractivity contribution < 1.29 is 4.74 Å². The molecule has 5 heteroatoms. The fourth-order valence-corrected chi connectivity index (χ4v) is 2.30. The molecule has 2 aromatic rings. The fourth-order valence-electron chi connectivity index (χ4n) is 2.30. The zero-order chi connectivity index (χ0) is 14.4. The number of aryl methyl sites for hydroxylation is 1. The number of ether oxygens (including phenoxy) is 1. The van der Waals surface area contributed by atoms with Gasteiger partial charge >= 0.3 is 0 Å². The number of nitrogens with two attached hydrogens (primary N) is 1. The molecule has 0 fully saturated rings. The molecule has 1 aromatic carbocycles. The van der Waals surface area contributed by atoms with Gasteiger partial charge < -0.3 is 4.74 Å². The van der Waals surface area contributed by atoms with Crippen molar-refractivity contribution in [1.82, 2.24) is 15.2 Å². The number of aromatic nitrogens is 2. The maximum atomic E-state index is 5.68. The SMILES string of the molecule is CCn1cc(CC(Cc2ccccc2OC)NN)cn1. The first-order chi connectivity index (χ1) is 9.76. The molecule has 0 aliphatic heterocycles. The molecule has 1 aromatic heterocycles. The Balaban J connectivity index is 2.05. The molecule has 1 heterocycles. The summed E-state index contributed by atoms with van der Waals surface area (Å²) in [6.07, 6.45) is 5.62. The summed E-state index contributed by atoms with van der Waals surface area (Å²) in [5.41, 5.74) is 5.22. The number of hydrogen-bond acceptors (Lipinski definition) is 4. The highest BCUT2D eigenvalue weighted by Gasteiger charge is 2.12. The molecule has 1 unspecified atom stereocenters. The van der Waals surface area contributed by atoms with E-state index < -0.39 is 0 Å². The van der Waals surface area contributed by atoms with E-state index >= 15 is 0 Å². The Hall–Kier alpha value is -1.85. The number of benzene rings is 1. The summed E-state index contributed by atoms with van der Waals surface area (Å²) >= 11 is 0. The van der Waals surface area contributed by atoms with Gasteiger partial charge in [0.1, 0.15) is 5.75 Å². The second kappa shape index (κ2) is 7.07. The minimum atomic E-state index is 0.154. The number of hydrogen-bond donors (Lipinski definition) is 2. The van der Waals surface area contributed by atoms with Gasteiger partial charge in [0.15, 0.2) is 0 Å². The van der Waals surface area contributed by atoms with Crippen LogP contribution in [0.2, 0.25) is 0 Å². The molecule has 0 bridgehead atoms. The van der Waals surface area contributed by atoms with Crippen LogP contribution >= 0.6 is 0 Å². The molecule has 0 radical (unpaired) electrons. The summed E-state index contributed by atoms with van der Waals surface area (Å²) < 4.78 is 7.30. The van der Waals surface area contributed by atoms with E-state index in [4.69, 9.17) is 10.6 Å². The smallest absolute Gasteiger partial charge is 0.122 e. The van der Waals surface area contributed by atoms with E-state index in [0.717, 1.165) is 30.7 Å². The largest absolute Gasteiger partial charge is 0.496 e. The van der Waals surface area contributed by atoms with Crippen molar-refractivity contribution in [3.8, 4) is 5.75 Å². The monoisotopic (exact) mass is 274 g/mol. The van der Waals surface area contributed by atoms with Gasteiger partial charge in [-0.3, -0.25) is 16.0 Å². The lowest BCUT2D eigenvalue weighted by atomic mass is 10.0. The molecule has 0 spiro atoms. The summed E-state index contributed by atoms with van der Waals surface area (Å²) in [7, 11) is 1.69. The standard InChI is InChI=1S/C15H22N4O/c1-3-19-11-12(10-17-19)8-14(18-16)9-13-6-4-5-7-15(13)20-2/h4-7,10-11,14,18H,3,8-9,16H2,1-2H3. The predicted molar refractivity (Wildman–Crippen MR) is 79.4 cm³/mol. The molecule has 3 N–H and O–H groups in total. The van der Waals surface area contributed by atoms with Crippen molar-refractivity contribution in [2.24, 2.45) is 5.84 Å². The summed E-state index contributed by atoms with van der Waals surface area (Å²) in [6, 6.07) is 8.18. The summed E-state index contributed by atoms with van der Waals surface area (Å²) in [5, 5.41) is 4.29. The normalized spacial score (nSPS) is 12.3. The molecule has 2 rings (SSSR count). The number of nitrogens with one attached hydrogen (secondary N) is 1. The Labute approximate surface area is 119 Å². The van der Waals surface area contributed by atoms with Crippen LogP contribution in [0.4, 0.5) is 0 Å². The third-order valence-electron chi connectivity index (χ3n) is 3.39. The number of para-hydroxylation sites is 1. The van der Waals surface area contributed by atoms with Crippen LogP contribution in [0.3, 0.4) is 0 Å². The second-order valence-corrected chi connectivity index (χ2v) is 4.79. The number of nitrogens with zero attached hydrogens (tertiary/aromatic N) is 2. The predicted octanol–water partition coefficient (Wildman–Crippen LogP) is 1.53. The average molecular weight is 274 g/mol. The average Bonchev–Trinajstić information content (AvgIpc) is 2.94. The second-order valence-electron chi connectivity index (χ2n) is 4.79. The summed E-state index contributed by atoms with van der Waals surface area (Å²) in [4.78, 5) is 0. The highest BCUT2D eigenvalue weighted by atomic mass is 16.5.